The number of nitrogens with one attached hydrogen (secondary N) is 1. The fourth-order valence-electron chi connectivity index (χ4n) is 1.49. The molecule has 1 amide bonds. The third-order valence-corrected chi connectivity index (χ3v) is 2.33. The highest BCUT2D eigenvalue weighted by molar-refractivity contribution is 5.80. The van der Waals surface area contributed by atoms with Crippen molar-refractivity contribution in [3.8, 4) is 0 Å². The van der Waals surface area contributed by atoms with Crippen molar-refractivity contribution in [1.82, 2.24) is 10.2 Å². The summed E-state index contributed by atoms with van der Waals surface area (Å²) in [4.78, 5) is 12.9. The van der Waals surface area contributed by atoms with Gasteiger partial charge in [0.15, 0.2) is 0 Å². The van der Waals surface area contributed by atoms with Gasteiger partial charge < -0.3 is 11.1 Å². The zero-order chi connectivity index (χ0) is 8.97. The average molecular weight is 171 g/mol. The molecule has 12 heavy (non-hydrogen) atoms. The van der Waals surface area contributed by atoms with Gasteiger partial charge in [-0.3, -0.25) is 9.69 Å². The third kappa shape index (κ3) is 2.19. The first kappa shape index (κ1) is 9.48. The van der Waals surface area contributed by atoms with Crippen LogP contribution in [0.5, 0.6) is 0 Å². The van der Waals surface area contributed by atoms with Gasteiger partial charge in [0.05, 0.1) is 6.04 Å². The largest absolute Gasteiger partial charge is 0.368 e. The predicted molar refractivity (Wildman–Crippen MR) is 47.7 cm³/mol. The minimum Gasteiger partial charge on any atom is -0.368 e. The van der Waals surface area contributed by atoms with Gasteiger partial charge in [-0.2, -0.15) is 0 Å². The molecule has 0 aliphatic carbocycles. The Morgan fingerprint density at radius 2 is 2.50 bits per heavy atom. The molecule has 0 radical (unpaired) electrons. The van der Waals surface area contributed by atoms with Crippen molar-refractivity contribution in [2.45, 2.75) is 18.9 Å². The summed E-state index contributed by atoms with van der Waals surface area (Å²) in [7, 11) is 1.93. The van der Waals surface area contributed by atoms with E-state index in [9.17, 15) is 4.79 Å². The Hall–Kier alpha value is -0.610. The second kappa shape index (κ2) is 4.42. The van der Waals surface area contributed by atoms with Crippen LogP contribution in [0.2, 0.25) is 0 Å². The van der Waals surface area contributed by atoms with Crippen LogP contribution in [-0.4, -0.2) is 43.5 Å². The number of carbonyl (C=O) groups is 1. The van der Waals surface area contributed by atoms with E-state index in [2.05, 4.69) is 10.2 Å². The van der Waals surface area contributed by atoms with Crippen molar-refractivity contribution >= 4 is 5.91 Å². The van der Waals surface area contributed by atoms with Gasteiger partial charge in [-0.05, 0) is 26.4 Å². The topological polar surface area (TPSA) is 58.4 Å². The molecule has 1 heterocycles. The molecule has 1 aliphatic rings. The molecule has 0 aromatic carbocycles. The molecule has 0 aromatic rings. The van der Waals surface area contributed by atoms with Crippen LogP contribution in [0.4, 0.5) is 0 Å². The Kier molecular flexibility index (Phi) is 3.49. The highest BCUT2D eigenvalue weighted by Crippen LogP contribution is 2.16. The van der Waals surface area contributed by atoms with Gasteiger partial charge in [0, 0.05) is 13.1 Å². The minimum atomic E-state index is -0.175. The summed E-state index contributed by atoms with van der Waals surface area (Å²) in [5.74, 6) is -0.175. The van der Waals surface area contributed by atoms with Crippen LogP contribution < -0.4 is 11.1 Å². The fraction of sp³-hybridized carbons (Fsp3) is 0.875. The van der Waals surface area contributed by atoms with Crippen molar-refractivity contribution < 1.29 is 4.79 Å². The van der Waals surface area contributed by atoms with E-state index < -0.39 is 0 Å². The lowest BCUT2D eigenvalue weighted by molar-refractivity contribution is -0.127. The molecule has 0 saturated carbocycles. The molecule has 0 bridgehead atoms. The summed E-state index contributed by atoms with van der Waals surface area (Å²) in [5, 5.41) is 3.07. The van der Waals surface area contributed by atoms with Crippen molar-refractivity contribution in [3.63, 3.8) is 0 Å². The first-order valence-electron chi connectivity index (χ1n) is 4.43. The Bertz CT molecular complexity index is 160. The van der Waals surface area contributed by atoms with E-state index in [1.807, 2.05) is 7.05 Å². The highest BCUT2D eigenvalue weighted by Gasteiger charge is 2.31. The first-order valence-corrected chi connectivity index (χ1v) is 4.43. The van der Waals surface area contributed by atoms with Crippen LogP contribution in [0.3, 0.4) is 0 Å². The van der Waals surface area contributed by atoms with Crippen LogP contribution in [-0.2, 0) is 4.79 Å². The molecular weight excluding hydrogens is 154 g/mol. The second-order valence-corrected chi connectivity index (χ2v) is 3.20. The number of nitrogens with zero attached hydrogens (tertiary/aromatic N) is 1. The third-order valence-electron chi connectivity index (χ3n) is 2.33. The van der Waals surface area contributed by atoms with Crippen LogP contribution in [0, 0.1) is 0 Å². The minimum absolute atomic E-state index is 0.0156. The van der Waals surface area contributed by atoms with Crippen molar-refractivity contribution in [1.29, 1.82) is 0 Å². The maximum absolute atomic E-state index is 10.8. The van der Waals surface area contributed by atoms with Crippen LogP contribution >= 0.6 is 0 Å². The van der Waals surface area contributed by atoms with E-state index in [0.717, 1.165) is 32.5 Å². The summed E-state index contributed by atoms with van der Waals surface area (Å²) in [5.41, 5.74) is 5.20. The molecule has 1 unspecified atom stereocenters. The lowest BCUT2D eigenvalue weighted by atomic mass is 10.0. The van der Waals surface area contributed by atoms with Crippen LogP contribution in [0.15, 0.2) is 0 Å². The number of primary amides is 1. The monoisotopic (exact) mass is 171 g/mol. The first-order chi connectivity index (χ1) is 5.75. The lowest BCUT2D eigenvalue weighted by Gasteiger charge is -2.38. The molecule has 0 aromatic heterocycles. The summed E-state index contributed by atoms with van der Waals surface area (Å²) in [6, 6.07) is 0.0156. The molecule has 4 heteroatoms. The van der Waals surface area contributed by atoms with E-state index >= 15 is 0 Å². The maximum atomic E-state index is 10.8. The van der Waals surface area contributed by atoms with Gasteiger partial charge in [-0.1, -0.05) is 0 Å². The summed E-state index contributed by atoms with van der Waals surface area (Å²) < 4.78 is 0. The van der Waals surface area contributed by atoms with E-state index in [0.29, 0.717) is 0 Å². The van der Waals surface area contributed by atoms with Crippen LogP contribution in [0.1, 0.15) is 12.8 Å². The molecule has 1 atom stereocenters. The van der Waals surface area contributed by atoms with E-state index in [4.69, 9.17) is 5.73 Å². The fourth-order valence-corrected chi connectivity index (χ4v) is 1.49. The molecule has 1 aliphatic heterocycles. The van der Waals surface area contributed by atoms with Gasteiger partial charge in [-0.25, -0.2) is 0 Å². The molecule has 1 rings (SSSR count). The van der Waals surface area contributed by atoms with Gasteiger partial charge in [0.25, 0.3) is 0 Å². The SMILES string of the molecule is CNCCCN1CCC1C(N)=O. The smallest absolute Gasteiger partial charge is 0.234 e. The zero-order valence-electron chi connectivity index (χ0n) is 7.55. The highest BCUT2D eigenvalue weighted by atomic mass is 16.1. The number of likely N-dealkylation sites (tertiary alicyclic amines) is 1. The Morgan fingerprint density at radius 3 is 2.92 bits per heavy atom. The molecule has 0 spiro atoms. The summed E-state index contributed by atoms with van der Waals surface area (Å²) in [6.07, 6.45) is 2.02. The molecule has 1 saturated heterocycles. The molecule has 1 fully saturated rings. The van der Waals surface area contributed by atoms with Gasteiger partial charge >= 0.3 is 0 Å². The number of amides is 1. The zero-order valence-corrected chi connectivity index (χ0v) is 7.55. The summed E-state index contributed by atoms with van der Waals surface area (Å²) >= 11 is 0. The second-order valence-electron chi connectivity index (χ2n) is 3.20. The van der Waals surface area contributed by atoms with Crippen molar-refractivity contribution in [3.05, 3.63) is 0 Å². The van der Waals surface area contributed by atoms with Gasteiger partial charge in [0.2, 0.25) is 5.91 Å². The van der Waals surface area contributed by atoms with E-state index in [1.165, 1.54) is 0 Å². The van der Waals surface area contributed by atoms with Gasteiger partial charge in [-0.15, -0.1) is 0 Å². The standard InChI is InChI=1S/C8H17N3O/c1-10-4-2-5-11-6-3-7(11)8(9)12/h7,10H,2-6H2,1H3,(H2,9,12). The molecule has 70 valence electrons. The number of hydrogen-bond acceptors (Lipinski definition) is 3. The Balaban J connectivity index is 2.12. The number of nitrogens with two attached hydrogens (primary N) is 1. The van der Waals surface area contributed by atoms with E-state index in [1.54, 1.807) is 0 Å². The Labute approximate surface area is 73.1 Å². The lowest BCUT2D eigenvalue weighted by Crippen LogP contribution is -2.55. The normalized spacial score (nSPS) is 23.6. The van der Waals surface area contributed by atoms with E-state index in [-0.39, 0.29) is 11.9 Å². The van der Waals surface area contributed by atoms with Gasteiger partial charge in [0.1, 0.15) is 0 Å². The molecular formula is C8H17N3O. The predicted octanol–water partition coefficient (Wildman–Crippen LogP) is -0.844. The number of rotatable bonds is 5. The molecule has 4 nitrogen and oxygen atoms in total. The van der Waals surface area contributed by atoms with Crippen molar-refractivity contribution in [2.75, 3.05) is 26.7 Å². The summed E-state index contributed by atoms with van der Waals surface area (Å²) in [6.45, 7) is 3.01. The average Bonchev–Trinajstić information content (AvgIpc) is 1.94. The number of hydrogen-bond donors (Lipinski definition) is 2. The number of carbonyl (C=O) groups excluding carboxylic acids is 1. The Morgan fingerprint density at radius 1 is 1.75 bits per heavy atom. The molecule has 3 N–H and O–H groups in total. The van der Waals surface area contributed by atoms with Crippen LogP contribution in [0.25, 0.3) is 0 Å². The maximum Gasteiger partial charge on any atom is 0.234 e. The quantitative estimate of drug-likeness (QED) is 0.530. The van der Waals surface area contributed by atoms with Crippen molar-refractivity contribution in [2.24, 2.45) is 5.73 Å².